The number of hydrogen-bond donors (Lipinski definition) is 2. The largest absolute Gasteiger partial charge is 0.490 e. The molecule has 0 spiro atoms. The maximum Gasteiger partial charge on any atom is 0.490 e. The molecule has 0 bridgehead atoms. The number of aliphatic carboxylic acids is 1. The molecular formula is C21H25F3N6O3. The molecule has 3 heterocycles. The molecule has 33 heavy (non-hydrogen) atoms. The number of aliphatic hydroxyl groups excluding tert-OH is 1. The predicted molar refractivity (Wildman–Crippen MR) is 112 cm³/mol. The lowest BCUT2D eigenvalue weighted by Crippen LogP contribution is -2.34. The van der Waals surface area contributed by atoms with Crippen molar-refractivity contribution >= 4 is 5.97 Å². The van der Waals surface area contributed by atoms with Crippen molar-refractivity contribution in [1.82, 2.24) is 29.7 Å². The smallest absolute Gasteiger partial charge is 0.475 e. The van der Waals surface area contributed by atoms with Gasteiger partial charge >= 0.3 is 12.1 Å². The van der Waals surface area contributed by atoms with Crippen molar-refractivity contribution in [3.05, 3.63) is 60.2 Å². The minimum absolute atomic E-state index is 0.119. The van der Waals surface area contributed by atoms with E-state index in [1.807, 2.05) is 40.0 Å². The van der Waals surface area contributed by atoms with Gasteiger partial charge in [-0.05, 0) is 25.0 Å². The summed E-state index contributed by atoms with van der Waals surface area (Å²) >= 11 is 0. The van der Waals surface area contributed by atoms with Crippen LogP contribution in [0.25, 0.3) is 5.69 Å². The van der Waals surface area contributed by atoms with Crippen LogP contribution >= 0.6 is 0 Å². The second kappa shape index (κ2) is 11.1. The molecule has 0 unspecified atom stereocenters. The number of hydrogen-bond acceptors (Lipinski definition) is 6. The molecule has 1 aliphatic heterocycles. The first-order chi connectivity index (χ1) is 15.8. The molecular weight excluding hydrogens is 441 g/mol. The highest BCUT2D eigenvalue weighted by Crippen LogP contribution is 2.23. The second-order valence-corrected chi connectivity index (χ2v) is 7.60. The number of aromatic nitrogens is 5. The molecule has 0 atom stereocenters. The predicted octanol–water partition coefficient (Wildman–Crippen LogP) is 2.47. The van der Waals surface area contributed by atoms with Crippen LogP contribution in [-0.4, -0.2) is 71.7 Å². The SMILES string of the molecule is O=C(O)C(F)(F)F.OCCc1cn(C2CCN(Cc3cnn(-c4ccccc4)c3)CC2)nn1. The van der Waals surface area contributed by atoms with Crippen molar-refractivity contribution in [1.29, 1.82) is 0 Å². The number of carboxylic acids is 1. The maximum atomic E-state index is 10.6. The molecule has 9 nitrogen and oxygen atoms in total. The number of benzene rings is 1. The third-order valence-corrected chi connectivity index (χ3v) is 5.16. The Morgan fingerprint density at radius 1 is 1.12 bits per heavy atom. The highest BCUT2D eigenvalue weighted by atomic mass is 19.4. The van der Waals surface area contributed by atoms with E-state index in [0.717, 1.165) is 43.9 Å². The number of carboxylic acid groups (broad SMARTS) is 1. The Morgan fingerprint density at radius 2 is 1.79 bits per heavy atom. The van der Waals surface area contributed by atoms with E-state index >= 15 is 0 Å². The molecule has 1 aromatic carbocycles. The van der Waals surface area contributed by atoms with Crippen molar-refractivity contribution < 1.29 is 28.2 Å². The van der Waals surface area contributed by atoms with E-state index in [4.69, 9.17) is 15.0 Å². The monoisotopic (exact) mass is 466 g/mol. The lowest BCUT2D eigenvalue weighted by Gasteiger charge is -2.31. The van der Waals surface area contributed by atoms with Gasteiger partial charge in [-0.25, -0.2) is 14.2 Å². The van der Waals surface area contributed by atoms with E-state index in [1.165, 1.54) is 5.56 Å². The molecule has 1 saturated heterocycles. The maximum absolute atomic E-state index is 10.6. The standard InChI is InChI=1S/C19H24N6O.C2HF3O2/c26-11-8-17-15-25(22-21-17)19-6-9-23(10-7-19)13-16-12-20-24(14-16)18-4-2-1-3-5-18;3-2(4,5)1(6)7/h1-5,12,14-15,19,26H,6-11,13H2;(H,6,7). The number of halogens is 3. The topological polar surface area (TPSA) is 109 Å². The summed E-state index contributed by atoms with van der Waals surface area (Å²) in [5, 5.41) is 29.0. The Labute approximate surface area is 188 Å². The lowest BCUT2D eigenvalue weighted by molar-refractivity contribution is -0.192. The van der Waals surface area contributed by atoms with Crippen LogP contribution in [0.2, 0.25) is 0 Å². The van der Waals surface area contributed by atoms with Crippen molar-refractivity contribution in [2.24, 2.45) is 0 Å². The molecule has 0 aliphatic carbocycles. The number of piperidine rings is 1. The molecule has 1 aliphatic rings. The van der Waals surface area contributed by atoms with Gasteiger partial charge in [0.05, 0.1) is 23.6 Å². The average molecular weight is 466 g/mol. The number of carbonyl (C=O) groups is 1. The summed E-state index contributed by atoms with van der Waals surface area (Å²) in [5.41, 5.74) is 3.18. The normalized spacial score (nSPS) is 15.2. The lowest BCUT2D eigenvalue weighted by atomic mass is 10.0. The second-order valence-electron chi connectivity index (χ2n) is 7.60. The van der Waals surface area contributed by atoms with E-state index in [9.17, 15) is 13.2 Å². The van der Waals surface area contributed by atoms with Crippen LogP contribution in [0.4, 0.5) is 13.2 Å². The quantitative estimate of drug-likeness (QED) is 0.574. The fourth-order valence-corrected chi connectivity index (χ4v) is 3.48. The highest BCUT2D eigenvalue weighted by molar-refractivity contribution is 5.73. The molecule has 0 saturated carbocycles. The first-order valence-electron chi connectivity index (χ1n) is 10.4. The van der Waals surface area contributed by atoms with Crippen molar-refractivity contribution in [2.75, 3.05) is 19.7 Å². The Kier molecular flexibility index (Phi) is 8.17. The third kappa shape index (κ3) is 7.12. The summed E-state index contributed by atoms with van der Waals surface area (Å²) < 4.78 is 35.6. The van der Waals surface area contributed by atoms with Crippen LogP contribution in [0.3, 0.4) is 0 Å². The minimum Gasteiger partial charge on any atom is -0.475 e. The molecule has 1 fully saturated rings. The van der Waals surface area contributed by atoms with Crippen LogP contribution in [0.15, 0.2) is 48.9 Å². The van der Waals surface area contributed by atoms with Gasteiger partial charge in [0.15, 0.2) is 0 Å². The summed E-state index contributed by atoms with van der Waals surface area (Å²) in [6.45, 7) is 3.12. The van der Waals surface area contributed by atoms with Gasteiger partial charge in [0.2, 0.25) is 0 Å². The molecule has 2 aromatic heterocycles. The zero-order valence-corrected chi connectivity index (χ0v) is 17.8. The van der Waals surface area contributed by atoms with Crippen molar-refractivity contribution in [3.63, 3.8) is 0 Å². The zero-order valence-electron chi connectivity index (χ0n) is 17.8. The van der Waals surface area contributed by atoms with Gasteiger partial charge in [-0.1, -0.05) is 23.4 Å². The van der Waals surface area contributed by atoms with E-state index < -0.39 is 12.1 Å². The summed E-state index contributed by atoms with van der Waals surface area (Å²) in [5.74, 6) is -2.76. The minimum atomic E-state index is -5.08. The number of nitrogens with zero attached hydrogens (tertiary/aromatic N) is 6. The highest BCUT2D eigenvalue weighted by Gasteiger charge is 2.38. The van der Waals surface area contributed by atoms with Gasteiger partial charge in [0.25, 0.3) is 0 Å². The van der Waals surface area contributed by atoms with Crippen LogP contribution in [0.1, 0.15) is 30.1 Å². The Hall–Kier alpha value is -3.25. The molecule has 2 N–H and O–H groups in total. The van der Waals surface area contributed by atoms with Crippen LogP contribution in [-0.2, 0) is 17.8 Å². The average Bonchev–Trinajstić information content (AvgIpc) is 3.45. The molecule has 0 radical (unpaired) electrons. The van der Waals surface area contributed by atoms with Gasteiger partial charge in [-0.2, -0.15) is 18.3 Å². The number of rotatable bonds is 6. The van der Waals surface area contributed by atoms with Crippen LogP contribution in [0.5, 0.6) is 0 Å². The van der Waals surface area contributed by atoms with Gasteiger partial charge in [0.1, 0.15) is 0 Å². The first-order valence-corrected chi connectivity index (χ1v) is 10.4. The fourth-order valence-electron chi connectivity index (χ4n) is 3.48. The summed E-state index contributed by atoms with van der Waals surface area (Å²) in [6, 6.07) is 10.6. The number of para-hydroxylation sites is 1. The van der Waals surface area contributed by atoms with E-state index in [2.05, 4.69) is 38.6 Å². The van der Waals surface area contributed by atoms with Gasteiger partial charge in [0, 0.05) is 50.6 Å². The third-order valence-electron chi connectivity index (χ3n) is 5.16. The Balaban J connectivity index is 0.000000383. The van der Waals surface area contributed by atoms with Crippen LogP contribution in [0, 0.1) is 0 Å². The molecule has 4 rings (SSSR count). The first kappa shape index (κ1) is 24.4. The van der Waals surface area contributed by atoms with E-state index in [-0.39, 0.29) is 6.61 Å². The summed E-state index contributed by atoms with van der Waals surface area (Å²) in [4.78, 5) is 11.4. The molecule has 3 aromatic rings. The number of alkyl halides is 3. The summed E-state index contributed by atoms with van der Waals surface area (Å²) in [7, 11) is 0. The van der Waals surface area contributed by atoms with E-state index in [0.29, 0.717) is 12.5 Å². The van der Waals surface area contributed by atoms with Crippen molar-refractivity contribution in [2.45, 2.75) is 38.0 Å². The van der Waals surface area contributed by atoms with E-state index in [1.54, 1.807) is 0 Å². The Bertz CT molecular complexity index is 1010. The number of aliphatic hydroxyl groups is 1. The molecule has 0 amide bonds. The van der Waals surface area contributed by atoms with Gasteiger partial charge in [-0.15, -0.1) is 5.10 Å². The molecule has 12 heteroatoms. The Morgan fingerprint density at radius 3 is 2.39 bits per heavy atom. The zero-order chi connectivity index (χ0) is 23.8. The fraction of sp³-hybridized carbons (Fsp3) is 0.429. The van der Waals surface area contributed by atoms with Crippen LogP contribution < -0.4 is 0 Å². The number of likely N-dealkylation sites (tertiary alicyclic amines) is 1. The van der Waals surface area contributed by atoms with Gasteiger partial charge < -0.3 is 10.2 Å². The molecule has 178 valence electrons. The van der Waals surface area contributed by atoms with Gasteiger partial charge in [-0.3, -0.25) is 4.90 Å². The van der Waals surface area contributed by atoms with Crippen molar-refractivity contribution in [3.8, 4) is 5.69 Å². The summed E-state index contributed by atoms with van der Waals surface area (Å²) in [6.07, 6.45) is 3.66.